The number of nitrogens with one attached hydrogen (secondary N) is 1. The number of hydrogen-bond acceptors (Lipinski definition) is 5. The SMILES string of the molecule is CC.C[C@H]1C2C3OC4Cn5cc(C(=O)NCc6ccc(F)cc6F)c(=O)c(O)c5C(=O)N4C4C[C@]34C21.FC(F)F. The molecule has 1 aromatic heterocycles. The van der Waals surface area contributed by atoms with E-state index in [4.69, 9.17) is 4.74 Å². The van der Waals surface area contributed by atoms with Gasteiger partial charge in [-0.05, 0) is 30.2 Å². The topological polar surface area (TPSA) is 101 Å². The van der Waals surface area contributed by atoms with Crippen molar-refractivity contribution in [2.45, 2.75) is 65.3 Å². The Bertz CT molecular complexity index is 1430. The first-order valence-corrected chi connectivity index (χ1v) is 13.1. The predicted molar refractivity (Wildman–Crippen MR) is 130 cm³/mol. The monoisotopic (exact) mass is 569 g/mol. The Kier molecular flexibility index (Phi) is 6.92. The fourth-order valence-electron chi connectivity index (χ4n) is 6.99. The summed E-state index contributed by atoms with van der Waals surface area (Å²) in [6.45, 7) is 2.46. The van der Waals surface area contributed by atoms with Crippen molar-refractivity contribution in [3.8, 4) is 5.75 Å². The van der Waals surface area contributed by atoms with E-state index in [0.29, 0.717) is 23.8 Å². The number of halogens is 5. The highest BCUT2D eigenvalue weighted by Crippen LogP contribution is 2.84. The fraction of sp³-hybridized carbons (Fsp3) is 0.519. The molecule has 0 bridgehead atoms. The van der Waals surface area contributed by atoms with Crippen LogP contribution < -0.4 is 10.7 Å². The lowest BCUT2D eigenvalue weighted by Gasteiger charge is -2.50. The molecule has 3 heterocycles. The third kappa shape index (κ3) is 4.08. The summed E-state index contributed by atoms with van der Waals surface area (Å²) >= 11 is 0. The number of nitrogens with zero attached hydrogens (tertiary/aromatic N) is 2. The summed E-state index contributed by atoms with van der Waals surface area (Å²) in [6.07, 6.45) is 1.74. The molecule has 3 saturated carbocycles. The number of benzene rings is 1. The number of aromatic nitrogens is 1. The number of carbonyl (C=O) groups is 2. The minimum absolute atomic E-state index is 0.0315. The van der Waals surface area contributed by atoms with E-state index < -0.39 is 47.5 Å². The van der Waals surface area contributed by atoms with Gasteiger partial charge < -0.3 is 24.6 Å². The molecule has 3 aliphatic carbocycles. The average molecular weight is 570 g/mol. The van der Waals surface area contributed by atoms with Gasteiger partial charge in [0.1, 0.15) is 17.2 Å². The molecular formula is C27H28F5N3O5. The standard InChI is InChI=1S/C24H21F2N3O5.C2H6.CHF3/c1-9-16-17(9)24-5-14(24)29-15(34-21(16)24)8-28-7-12(19(30)20(31)18(28)23(29)33)22(32)27-6-10-2-3-11(25)4-13(10)26;1-2;2-1(3)4/h2-4,7,9,14-17,21,31H,5-6,8H2,1H3,(H,27,32);1-2H3;1H/t9-,14?,15?,16?,17?,21?,24-;;/m0../s1. The lowest BCUT2D eigenvalue weighted by atomic mass is 9.76. The van der Waals surface area contributed by atoms with Crippen LogP contribution in [0.5, 0.6) is 5.75 Å². The number of ether oxygens (including phenoxy) is 1. The first-order valence-electron chi connectivity index (χ1n) is 13.1. The van der Waals surface area contributed by atoms with Crippen LogP contribution in [0.4, 0.5) is 22.0 Å². The molecule has 7 atom stereocenters. The van der Waals surface area contributed by atoms with Crippen LogP contribution in [-0.4, -0.2) is 51.4 Å². The van der Waals surface area contributed by atoms with Gasteiger partial charge in [0.05, 0.1) is 12.6 Å². The second-order valence-corrected chi connectivity index (χ2v) is 10.4. The summed E-state index contributed by atoms with van der Waals surface area (Å²) < 4.78 is 63.7. The third-order valence-corrected chi connectivity index (χ3v) is 8.65. The molecule has 8 nitrogen and oxygen atoms in total. The second-order valence-electron chi connectivity index (χ2n) is 10.4. The van der Waals surface area contributed by atoms with Crippen molar-refractivity contribution in [2.24, 2.45) is 23.2 Å². The molecule has 4 fully saturated rings. The molecule has 216 valence electrons. The lowest BCUT2D eigenvalue weighted by molar-refractivity contribution is -0.202. The van der Waals surface area contributed by atoms with Crippen LogP contribution in [0.3, 0.4) is 0 Å². The molecule has 0 radical (unpaired) electrons. The van der Waals surface area contributed by atoms with Crippen LogP contribution >= 0.6 is 0 Å². The molecule has 1 spiro atoms. The first-order chi connectivity index (χ1) is 19.0. The molecule has 1 aromatic carbocycles. The Hall–Kier alpha value is -3.48. The minimum Gasteiger partial charge on any atom is -0.503 e. The van der Waals surface area contributed by atoms with Crippen molar-refractivity contribution in [3.63, 3.8) is 0 Å². The second kappa shape index (κ2) is 9.86. The highest BCUT2D eigenvalue weighted by Gasteiger charge is 2.88. The summed E-state index contributed by atoms with van der Waals surface area (Å²) in [7, 11) is 0. The van der Waals surface area contributed by atoms with Crippen LogP contribution in [0, 0.1) is 34.8 Å². The van der Waals surface area contributed by atoms with Gasteiger partial charge in [-0.3, -0.25) is 14.4 Å². The number of pyridine rings is 1. The zero-order valence-corrected chi connectivity index (χ0v) is 21.8. The Labute approximate surface area is 225 Å². The minimum atomic E-state index is -3.67. The molecule has 1 saturated heterocycles. The van der Waals surface area contributed by atoms with E-state index in [1.165, 1.54) is 16.8 Å². The largest absolute Gasteiger partial charge is 0.503 e. The van der Waals surface area contributed by atoms with Crippen molar-refractivity contribution in [2.75, 3.05) is 0 Å². The quantitative estimate of drug-likeness (QED) is 0.548. The van der Waals surface area contributed by atoms with Gasteiger partial charge in [-0.25, -0.2) is 8.78 Å². The van der Waals surface area contributed by atoms with E-state index in [-0.39, 0.29) is 47.5 Å². The molecule has 40 heavy (non-hydrogen) atoms. The van der Waals surface area contributed by atoms with Gasteiger partial charge >= 0.3 is 6.68 Å². The van der Waals surface area contributed by atoms with E-state index in [2.05, 4.69) is 12.2 Å². The van der Waals surface area contributed by atoms with E-state index in [0.717, 1.165) is 12.5 Å². The summed E-state index contributed by atoms with van der Waals surface area (Å²) in [4.78, 5) is 40.5. The first kappa shape index (κ1) is 28.1. The third-order valence-electron chi connectivity index (χ3n) is 8.65. The van der Waals surface area contributed by atoms with Crippen molar-refractivity contribution in [1.29, 1.82) is 0 Å². The van der Waals surface area contributed by atoms with Gasteiger partial charge in [0.25, 0.3) is 11.8 Å². The zero-order valence-electron chi connectivity index (χ0n) is 21.8. The maximum Gasteiger partial charge on any atom is 0.379 e. The van der Waals surface area contributed by atoms with E-state index in [1.807, 2.05) is 13.8 Å². The van der Waals surface area contributed by atoms with Crippen molar-refractivity contribution >= 4 is 11.8 Å². The van der Waals surface area contributed by atoms with Crippen LogP contribution in [-0.2, 0) is 17.8 Å². The van der Waals surface area contributed by atoms with Crippen molar-refractivity contribution in [3.05, 3.63) is 63.1 Å². The highest BCUT2D eigenvalue weighted by atomic mass is 19.4. The summed E-state index contributed by atoms with van der Waals surface area (Å²) in [5.41, 5.74) is -1.42. The molecular weight excluding hydrogens is 541 g/mol. The molecule has 5 unspecified atom stereocenters. The van der Waals surface area contributed by atoms with Crippen molar-refractivity contribution < 1.29 is 41.4 Å². The molecule has 5 aliphatic rings. The van der Waals surface area contributed by atoms with Gasteiger partial charge in [-0.1, -0.05) is 26.8 Å². The van der Waals surface area contributed by atoms with Gasteiger partial charge in [0.15, 0.2) is 17.7 Å². The van der Waals surface area contributed by atoms with E-state index in [1.54, 1.807) is 4.90 Å². The smallest absolute Gasteiger partial charge is 0.379 e. The number of hydrogen-bond donors (Lipinski definition) is 2. The molecule has 13 heteroatoms. The number of fused-ring (bicyclic) bond motifs is 5. The summed E-state index contributed by atoms with van der Waals surface area (Å²) in [6, 6.07) is 3.02. The number of aromatic hydroxyl groups is 1. The van der Waals surface area contributed by atoms with Gasteiger partial charge in [-0.15, -0.1) is 0 Å². The predicted octanol–water partition coefficient (Wildman–Crippen LogP) is 3.80. The van der Waals surface area contributed by atoms with Gasteiger partial charge in [0, 0.05) is 35.8 Å². The molecule has 2 amide bonds. The normalized spacial score (nSPS) is 31.4. The number of rotatable bonds is 3. The average Bonchev–Trinajstić information content (AvgIpc) is 3.78. The van der Waals surface area contributed by atoms with Crippen LogP contribution in [0.1, 0.15) is 53.6 Å². The maximum absolute atomic E-state index is 13.9. The van der Waals surface area contributed by atoms with Crippen LogP contribution in [0.15, 0.2) is 29.2 Å². The van der Waals surface area contributed by atoms with Crippen LogP contribution in [0.2, 0.25) is 0 Å². The van der Waals surface area contributed by atoms with Crippen molar-refractivity contribution in [1.82, 2.24) is 14.8 Å². The zero-order chi connectivity index (χ0) is 29.3. The number of amides is 2. The number of alkyl halides is 3. The lowest BCUT2D eigenvalue weighted by Crippen LogP contribution is -2.62. The molecule has 2 aliphatic heterocycles. The van der Waals surface area contributed by atoms with E-state index in [9.17, 15) is 41.4 Å². The Morgan fingerprint density at radius 2 is 1.90 bits per heavy atom. The molecule has 2 aromatic rings. The molecule has 2 N–H and O–H groups in total. The Morgan fingerprint density at radius 3 is 2.55 bits per heavy atom. The van der Waals surface area contributed by atoms with Gasteiger partial charge in [-0.2, -0.15) is 13.2 Å². The summed E-state index contributed by atoms with van der Waals surface area (Å²) in [5, 5.41) is 13.0. The molecule has 7 rings (SSSR count). The number of carbonyl (C=O) groups excluding carboxylic acids is 2. The Morgan fingerprint density at radius 1 is 1.23 bits per heavy atom. The maximum atomic E-state index is 13.9. The Balaban J connectivity index is 0.000000497. The van der Waals surface area contributed by atoms with Crippen LogP contribution in [0.25, 0.3) is 0 Å². The highest BCUT2D eigenvalue weighted by molar-refractivity contribution is 5.99. The summed E-state index contributed by atoms with van der Waals surface area (Å²) in [5.74, 6) is -1.95. The van der Waals surface area contributed by atoms with Gasteiger partial charge in [0.2, 0.25) is 5.43 Å². The fourth-order valence-corrected chi connectivity index (χ4v) is 6.99. The van der Waals surface area contributed by atoms with E-state index >= 15 is 0 Å².